The maximum atomic E-state index is 11.6. The Morgan fingerprint density at radius 1 is 1.40 bits per heavy atom. The fourth-order valence-corrected chi connectivity index (χ4v) is 2.75. The summed E-state index contributed by atoms with van der Waals surface area (Å²) >= 11 is 0. The number of rotatable bonds is 0. The summed E-state index contributed by atoms with van der Waals surface area (Å²) in [5.41, 5.74) is 2.45. The molecule has 0 aromatic heterocycles. The molecule has 1 aromatic carbocycles. The molecule has 0 aliphatic carbocycles. The number of carbonyl (C=O) groups excluding carboxylic acids is 1. The first-order valence-electron chi connectivity index (χ1n) is 5.36. The molecule has 78 valence electrons. The SMILES string of the molecule is CN1C(=O)CC2CNc3ccccc3C21. The number of anilines is 1. The first kappa shape index (κ1) is 8.77. The molecule has 2 atom stereocenters. The minimum absolute atomic E-state index is 0.267. The summed E-state index contributed by atoms with van der Waals surface area (Å²) in [7, 11) is 1.91. The lowest BCUT2D eigenvalue weighted by Gasteiger charge is -2.32. The zero-order valence-corrected chi connectivity index (χ0v) is 8.73. The van der Waals surface area contributed by atoms with Crippen molar-refractivity contribution in [3.05, 3.63) is 29.8 Å². The van der Waals surface area contributed by atoms with Gasteiger partial charge in [0.1, 0.15) is 0 Å². The Hall–Kier alpha value is -1.51. The first-order chi connectivity index (χ1) is 7.27. The Labute approximate surface area is 89.1 Å². The first-order valence-corrected chi connectivity index (χ1v) is 5.36. The van der Waals surface area contributed by atoms with E-state index in [4.69, 9.17) is 0 Å². The molecule has 2 unspecified atom stereocenters. The van der Waals surface area contributed by atoms with Crippen molar-refractivity contribution in [2.75, 3.05) is 18.9 Å². The topological polar surface area (TPSA) is 32.3 Å². The standard InChI is InChI=1S/C12H14N2O/c1-14-11(15)6-8-7-13-10-5-3-2-4-9(10)12(8)14/h2-5,8,12-13H,6-7H2,1H3. The molecule has 0 bridgehead atoms. The largest absolute Gasteiger partial charge is 0.384 e. The summed E-state index contributed by atoms with van der Waals surface area (Å²) in [4.78, 5) is 13.5. The van der Waals surface area contributed by atoms with Crippen LogP contribution in [0.3, 0.4) is 0 Å². The van der Waals surface area contributed by atoms with E-state index in [1.165, 1.54) is 11.3 Å². The van der Waals surface area contributed by atoms with Gasteiger partial charge in [0.15, 0.2) is 0 Å². The van der Waals surface area contributed by atoms with Gasteiger partial charge < -0.3 is 10.2 Å². The van der Waals surface area contributed by atoms with Crippen LogP contribution in [0.2, 0.25) is 0 Å². The van der Waals surface area contributed by atoms with Crippen LogP contribution in [0.4, 0.5) is 5.69 Å². The molecular formula is C12H14N2O. The van der Waals surface area contributed by atoms with Crippen LogP contribution >= 0.6 is 0 Å². The van der Waals surface area contributed by atoms with Gasteiger partial charge in [-0.15, -0.1) is 0 Å². The molecule has 0 radical (unpaired) electrons. The summed E-state index contributed by atoms with van der Waals surface area (Å²) in [6.07, 6.45) is 0.683. The lowest BCUT2D eigenvalue weighted by Crippen LogP contribution is -2.30. The van der Waals surface area contributed by atoms with Crippen molar-refractivity contribution >= 4 is 11.6 Å². The maximum absolute atomic E-state index is 11.6. The smallest absolute Gasteiger partial charge is 0.223 e. The number of hydrogen-bond donors (Lipinski definition) is 1. The molecule has 3 nitrogen and oxygen atoms in total. The second-order valence-electron chi connectivity index (χ2n) is 4.38. The zero-order chi connectivity index (χ0) is 10.4. The molecule has 2 aliphatic rings. The fourth-order valence-electron chi connectivity index (χ4n) is 2.75. The van der Waals surface area contributed by atoms with Gasteiger partial charge in [0, 0.05) is 31.6 Å². The molecule has 1 fully saturated rings. The summed E-state index contributed by atoms with van der Waals surface area (Å²) in [6.45, 7) is 0.914. The Kier molecular flexibility index (Phi) is 1.75. The Morgan fingerprint density at radius 2 is 2.20 bits per heavy atom. The van der Waals surface area contributed by atoms with Gasteiger partial charge in [-0.25, -0.2) is 0 Å². The minimum Gasteiger partial charge on any atom is -0.384 e. The molecule has 2 aliphatic heterocycles. The third kappa shape index (κ3) is 1.16. The summed E-state index contributed by atoms with van der Waals surface area (Å²) in [6, 6.07) is 8.56. The molecule has 1 aromatic rings. The zero-order valence-electron chi connectivity index (χ0n) is 8.73. The van der Waals surface area contributed by atoms with E-state index in [0.717, 1.165) is 6.54 Å². The van der Waals surface area contributed by atoms with Gasteiger partial charge in [0.25, 0.3) is 0 Å². The van der Waals surface area contributed by atoms with E-state index in [1.54, 1.807) is 0 Å². The van der Waals surface area contributed by atoms with Gasteiger partial charge in [-0.05, 0) is 11.6 Å². The van der Waals surface area contributed by atoms with Gasteiger partial charge >= 0.3 is 0 Å². The van der Waals surface area contributed by atoms with Crippen molar-refractivity contribution < 1.29 is 4.79 Å². The van der Waals surface area contributed by atoms with E-state index in [-0.39, 0.29) is 11.9 Å². The van der Waals surface area contributed by atoms with Crippen LogP contribution < -0.4 is 5.32 Å². The number of nitrogens with zero attached hydrogens (tertiary/aromatic N) is 1. The number of benzene rings is 1. The normalized spacial score (nSPS) is 28.3. The second-order valence-corrected chi connectivity index (χ2v) is 4.38. The van der Waals surface area contributed by atoms with Crippen LogP contribution in [0.15, 0.2) is 24.3 Å². The van der Waals surface area contributed by atoms with E-state index in [9.17, 15) is 4.79 Å². The van der Waals surface area contributed by atoms with E-state index in [1.807, 2.05) is 24.1 Å². The predicted molar refractivity (Wildman–Crippen MR) is 58.5 cm³/mol. The molecule has 0 saturated carbocycles. The molecule has 15 heavy (non-hydrogen) atoms. The van der Waals surface area contributed by atoms with E-state index >= 15 is 0 Å². The van der Waals surface area contributed by atoms with Gasteiger partial charge in [0.2, 0.25) is 5.91 Å². The number of para-hydroxylation sites is 1. The molecular weight excluding hydrogens is 188 g/mol. The summed E-state index contributed by atoms with van der Waals surface area (Å²) in [5, 5.41) is 3.40. The van der Waals surface area contributed by atoms with Crippen molar-refractivity contribution in [3.8, 4) is 0 Å². The van der Waals surface area contributed by atoms with Crippen molar-refractivity contribution in [1.82, 2.24) is 4.90 Å². The second kappa shape index (κ2) is 2.99. The number of hydrogen-bond acceptors (Lipinski definition) is 2. The third-order valence-electron chi connectivity index (χ3n) is 3.53. The lowest BCUT2D eigenvalue weighted by molar-refractivity contribution is -0.127. The highest BCUT2D eigenvalue weighted by atomic mass is 16.2. The summed E-state index contributed by atoms with van der Waals surface area (Å²) in [5.74, 6) is 0.709. The summed E-state index contributed by atoms with van der Waals surface area (Å²) < 4.78 is 0. The predicted octanol–water partition coefficient (Wildman–Crippen LogP) is 1.63. The molecule has 1 amide bonds. The molecule has 1 saturated heterocycles. The van der Waals surface area contributed by atoms with Gasteiger partial charge in [-0.3, -0.25) is 4.79 Å². The van der Waals surface area contributed by atoms with Crippen LogP contribution in [0.1, 0.15) is 18.0 Å². The quantitative estimate of drug-likeness (QED) is 0.693. The van der Waals surface area contributed by atoms with E-state index in [2.05, 4.69) is 17.4 Å². The van der Waals surface area contributed by atoms with Crippen molar-refractivity contribution in [3.63, 3.8) is 0 Å². The van der Waals surface area contributed by atoms with E-state index < -0.39 is 0 Å². The van der Waals surface area contributed by atoms with Crippen molar-refractivity contribution in [1.29, 1.82) is 0 Å². The highest BCUT2D eigenvalue weighted by molar-refractivity contribution is 5.80. The number of likely N-dealkylation sites (tertiary alicyclic amines) is 1. The maximum Gasteiger partial charge on any atom is 0.223 e. The molecule has 0 spiro atoms. The van der Waals surface area contributed by atoms with Gasteiger partial charge in [-0.2, -0.15) is 0 Å². The molecule has 2 heterocycles. The van der Waals surface area contributed by atoms with Crippen LogP contribution in [-0.4, -0.2) is 24.4 Å². The Morgan fingerprint density at radius 3 is 3.07 bits per heavy atom. The Balaban J connectivity index is 2.08. The average molecular weight is 202 g/mol. The fraction of sp³-hybridized carbons (Fsp3) is 0.417. The third-order valence-corrected chi connectivity index (χ3v) is 3.53. The lowest BCUT2D eigenvalue weighted by atomic mass is 9.89. The number of amides is 1. The van der Waals surface area contributed by atoms with Crippen LogP contribution in [0, 0.1) is 5.92 Å². The monoisotopic (exact) mass is 202 g/mol. The average Bonchev–Trinajstić information content (AvgIpc) is 2.55. The molecule has 3 rings (SSSR count). The minimum atomic E-state index is 0.267. The van der Waals surface area contributed by atoms with Gasteiger partial charge in [0.05, 0.1) is 6.04 Å². The van der Waals surface area contributed by atoms with Crippen molar-refractivity contribution in [2.24, 2.45) is 5.92 Å². The number of carbonyl (C=O) groups is 1. The molecule has 1 N–H and O–H groups in total. The number of fused-ring (bicyclic) bond motifs is 3. The highest BCUT2D eigenvalue weighted by Gasteiger charge is 2.41. The molecule has 3 heteroatoms. The van der Waals surface area contributed by atoms with Crippen LogP contribution in [-0.2, 0) is 4.79 Å². The number of nitrogens with one attached hydrogen (secondary N) is 1. The van der Waals surface area contributed by atoms with Crippen LogP contribution in [0.25, 0.3) is 0 Å². The van der Waals surface area contributed by atoms with E-state index in [0.29, 0.717) is 12.3 Å². The highest BCUT2D eigenvalue weighted by Crippen LogP contribution is 2.42. The Bertz CT molecular complexity index is 416. The van der Waals surface area contributed by atoms with Crippen molar-refractivity contribution in [2.45, 2.75) is 12.5 Å². The van der Waals surface area contributed by atoms with Gasteiger partial charge in [-0.1, -0.05) is 18.2 Å². The van der Waals surface area contributed by atoms with Crippen LogP contribution in [0.5, 0.6) is 0 Å².